The van der Waals surface area contributed by atoms with Crippen molar-refractivity contribution < 1.29 is 4.79 Å². The maximum atomic E-state index is 12.3. The van der Waals surface area contributed by atoms with Gasteiger partial charge in [0.05, 0.1) is 0 Å². The molecule has 2 aliphatic carbocycles. The second-order valence-electron chi connectivity index (χ2n) is 6.97. The summed E-state index contributed by atoms with van der Waals surface area (Å²) < 4.78 is 0. The van der Waals surface area contributed by atoms with Crippen LogP contribution in [-0.2, 0) is 4.79 Å². The molecule has 0 bridgehead atoms. The van der Waals surface area contributed by atoms with Gasteiger partial charge in [0.1, 0.15) is 0 Å². The molecule has 4 heteroatoms. The Kier molecular flexibility index (Phi) is 7.32. The van der Waals surface area contributed by atoms with E-state index in [1.54, 1.807) is 0 Å². The van der Waals surface area contributed by atoms with Crippen LogP contribution < -0.4 is 11.1 Å². The van der Waals surface area contributed by atoms with Crippen LogP contribution in [0.15, 0.2) is 0 Å². The Labute approximate surface area is 129 Å². The van der Waals surface area contributed by atoms with Gasteiger partial charge in [-0.05, 0) is 56.4 Å². The molecule has 2 saturated carbocycles. The lowest BCUT2D eigenvalue weighted by atomic mass is 9.71. The third-order valence-corrected chi connectivity index (χ3v) is 5.26. The zero-order chi connectivity index (χ0) is 13.7. The second kappa shape index (κ2) is 8.23. The number of hydrogen-bond acceptors (Lipinski definition) is 2. The summed E-state index contributed by atoms with van der Waals surface area (Å²) >= 11 is 0. The highest BCUT2D eigenvalue weighted by Gasteiger charge is 2.33. The van der Waals surface area contributed by atoms with Gasteiger partial charge >= 0.3 is 0 Å². The highest BCUT2D eigenvalue weighted by Crippen LogP contribution is 2.38. The van der Waals surface area contributed by atoms with E-state index in [1.807, 2.05) is 0 Å². The number of halogens is 1. The number of nitrogens with one attached hydrogen (secondary N) is 1. The van der Waals surface area contributed by atoms with Crippen LogP contribution in [0.25, 0.3) is 0 Å². The van der Waals surface area contributed by atoms with Gasteiger partial charge in [0.15, 0.2) is 0 Å². The third-order valence-electron chi connectivity index (χ3n) is 5.26. The van der Waals surface area contributed by atoms with E-state index in [1.165, 1.54) is 32.1 Å². The van der Waals surface area contributed by atoms with E-state index >= 15 is 0 Å². The molecular weight excluding hydrogens is 272 g/mol. The van der Waals surface area contributed by atoms with Crippen LogP contribution in [0.1, 0.15) is 71.1 Å². The van der Waals surface area contributed by atoms with E-state index in [9.17, 15) is 4.79 Å². The van der Waals surface area contributed by atoms with Crippen LogP contribution in [0.5, 0.6) is 0 Å². The molecule has 118 valence electrons. The number of amides is 1. The number of carbonyl (C=O) groups is 1. The van der Waals surface area contributed by atoms with Crippen molar-refractivity contribution in [2.45, 2.75) is 77.2 Å². The fourth-order valence-corrected chi connectivity index (χ4v) is 3.78. The summed E-state index contributed by atoms with van der Waals surface area (Å²) in [5, 5.41) is 3.25. The average Bonchev–Trinajstić information content (AvgIpc) is 2.42. The molecule has 2 aliphatic rings. The second-order valence-corrected chi connectivity index (χ2v) is 6.97. The lowest BCUT2D eigenvalue weighted by molar-refractivity contribution is -0.124. The van der Waals surface area contributed by atoms with Crippen molar-refractivity contribution in [2.24, 2.45) is 17.1 Å². The zero-order valence-corrected chi connectivity index (χ0v) is 13.6. The van der Waals surface area contributed by atoms with E-state index in [2.05, 4.69) is 12.2 Å². The van der Waals surface area contributed by atoms with Gasteiger partial charge < -0.3 is 11.1 Å². The van der Waals surface area contributed by atoms with Crippen LogP contribution in [0.2, 0.25) is 0 Å². The summed E-state index contributed by atoms with van der Waals surface area (Å²) in [5.74, 6) is 1.08. The number of nitrogens with two attached hydrogens (primary N) is 1. The van der Waals surface area contributed by atoms with Crippen LogP contribution in [0.4, 0.5) is 0 Å². The van der Waals surface area contributed by atoms with E-state index < -0.39 is 0 Å². The van der Waals surface area contributed by atoms with Crippen molar-refractivity contribution in [1.82, 2.24) is 5.32 Å². The molecule has 1 amide bonds. The first-order valence-electron chi connectivity index (χ1n) is 8.13. The van der Waals surface area contributed by atoms with Crippen molar-refractivity contribution in [3.8, 4) is 0 Å². The molecule has 0 radical (unpaired) electrons. The Morgan fingerprint density at radius 2 is 1.75 bits per heavy atom. The van der Waals surface area contributed by atoms with Gasteiger partial charge in [-0.15, -0.1) is 12.4 Å². The van der Waals surface area contributed by atoms with Crippen molar-refractivity contribution in [3.05, 3.63) is 0 Å². The minimum Gasteiger partial charge on any atom is -0.353 e. The first-order chi connectivity index (χ1) is 9.13. The smallest absolute Gasteiger partial charge is 0.220 e. The minimum absolute atomic E-state index is 0. The number of rotatable bonds is 4. The van der Waals surface area contributed by atoms with Gasteiger partial charge in [0.25, 0.3) is 0 Å². The van der Waals surface area contributed by atoms with Crippen LogP contribution in [-0.4, -0.2) is 18.5 Å². The Morgan fingerprint density at radius 3 is 2.30 bits per heavy atom. The highest BCUT2D eigenvalue weighted by atomic mass is 35.5. The van der Waals surface area contributed by atoms with E-state index in [4.69, 9.17) is 5.73 Å². The predicted octanol–water partition coefficient (Wildman–Crippen LogP) is 3.40. The van der Waals surface area contributed by atoms with E-state index in [-0.39, 0.29) is 23.7 Å². The standard InChI is InChI=1S/C16H30N2O.ClH/c1-13-5-7-14(8-6-13)18-15(19)11-16(12-17)9-3-2-4-10-16;/h13-14H,2-12,17H2,1H3,(H,18,19);1H. The molecule has 0 aromatic rings. The fourth-order valence-electron chi connectivity index (χ4n) is 3.78. The van der Waals surface area contributed by atoms with Gasteiger partial charge in [-0.3, -0.25) is 4.79 Å². The molecule has 0 saturated heterocycles. The maximum Gasteiger partial charge on any atom is 0.220 e. The van der Waals surface area contributed by atoms with Crippen molar-refractivity contribution >= 4 is 18.3 Å². The molecule has 0 spiro atoms. The molecule has 2 fully saturated rings. The lowest BCUT2D eigenvalue weighted by Crippen LogP contribution is -2.42. The molecule has 0 aliphatic heterocycles. The average molecular weight is 303 g/mol. The molecule has 20 heavy (non-hydrogen) atoms. The van der Waals surface area contributed by atoms with Gasteiger partial charge in [-0.25, -0.2) is 0 Å². The van der Waals surface area contributed by atoms with Crippen LogP contribution >= 0.6 is 12.4 Å². The third kappa shape index (κ3) is 4.92. The molecule has 0 unspecified atom stereocenters. The van der Waals surface area contributed by atoms with Gasteiger partial charge in [-0.2, -0.15) is 0 Å². The molecule has 0 aromatic heterocycles. The Hall–Kier alpha value is -0.280. The SMILES string of the molecule is CC1CCC(NC(=O)CC2(CN)CCCCC2)CC1.Cl. The van der Waals surface area contributed by atoms with Crippen molar-refractivity contribution in [2.75, 3.05) is 6.54 Å². The van der Waals surface area contributed by atoms with Gasteiger partial charge in [0.2, 0.25) is 5.91 Å². The first-order valence-corrected chi connectivity index (χ1v) is 8.13. The molecule has 3 N–H and O–H groups in total. The summed E-state index contributed by atoms with van der Waals surface area (Å²) in [7, 11) is 0. The Bertz CT molecular complexity index is 295. The largest absolute Gasteiger partial charge is 0.353 e. The number of hydrogen-bond donors (Lipinski definition) is 2. The minimum atomic E-state index is 0. The van der Waals surface area contributed by atoms with Crippen molar-refractivity contribution in [1.29, 1.82) is 0 Å². The Balaban J connectivity index is 0.00000200. The van der Waals surface area contributed by atoms with Crippen molar-refractivity contribution in [3.63, 3.8) is 0 Å². The topological polar surface area (TPSA) is 55.1 Å². The maximum absolute atomic E-state index is 12.3. The summed E-state index contributed by atoms with van der Waals surface area (Å²) in [4.78, 5) is 12.3. The van der Waals surface area contributed by atoms with Gasteiger partial charge in [-0.1, -0.05) is 26.2 Å². The summed E-state index contributed by atoms with van der Waals surface area (Å²) in [6.07, 6.45) is 11.5. The predicted molar refractivity (Wildman–Crippen MR) is 86.0 cm³/mol. The van der Waals surface area contributed by atoms with E-state index in [0.29, 0.717) is 19.0 Å². The molecule has 0 aromatic carbocycles. The highest BCUT2D eigenvalue weighted by molar-refractivity contribution is 5.85. The first kappa shape index (κ1) is 17.8. The fraction of sp³-hybridized carbons (Fsp3) is 0.938. The molecule has 0 atom stereocenters. The zero-order valence-electron chi connectivity index (χ0n) is 12.8. The number of carbonyl (C=O) groups excluding carboxylic acids is 1. The Morgan fingerprint density at radius 1 is 1.15 bits per heavy atom. The van der Waals surface area contributed by atoms with Crippen LogP contribution in [0.3, 0.4) is 0 Å². The van der Waals surface area contributed by atoms with E-state index in [0.717, 1.165) is 31.6 Å². The molecule has 3 nitrogen and oxygen atoms in total. The summed E-state index contributed by atoms with van der Waals surface area (Å²) in [6, 6.07) is 0.419. The molecule has 2 rings (SSSR count). The lowest BCUT2D eigenvalue weighted by Gasteiger charge is -2.36. The quantitative estimate of drug-likeness (QED) is 0.836. The molecular formula is C16H31ClN2O. The summed E-state index contributed by atoms with van der Waals surface area (Å²) in [5.41, 5.74) is 6.06. The normalized spacial score (nSPS) is 29.3. The van der Waals surface area contributed by atoms with Gasteiger partial charge in [0, 0.05) is 12.5 Å². The molecule has 0 heterocycles. The summed E-state index contributed by atoms with van der Waals surface area (Å²) in [6.45, 7) is 2.98. The monoisotopic (exact) mass is 302 g/mol. The van der Waals surface area contributed by atoms with Crippen LogP contribution in [0, 0.1) is 11.3 Å².